The minimum Gasteiger partial charge on any atom is -0.385 e. The number of carbonyl (C=O) groups is 1. The molecule has 3 aliphatic carbocycles. The maximum Gasteiger partial charge on any atom is 0.171 e. The summed E-state index contributed by atoms with van der Waals surface area (Å²) in [7, 11) is 0. The molecule has 18 heavy (non-hydrogen) atoms. The van der Waals surface area contributed by atoms with E-state index in [1.807, 2.05) is 6.92 Å². The molecule has 1 N–H and O–H groups in total. The van der Waals surface area contributed by atoms with Gasteiger partial charge in [0.2, 0.25) is 0 Å². The van der Waals surface area contributed by atoms with E-state index in [1.165, 1.54) is 5.57 Å². The molecule has 3 atom stereocenters. The highest BCUT2D eigenvalue weighted by atomic mass is 16.3. The molecule has 0 heterocycles. The van der Waals surface area contributed by atoms with Crippen molar-refractivity contribution in [3.8, 4) is 0 Å². The van der Waals surface area contributed by atoms with Gasteiger partial charge in [-0.25, -0.2) is 0 Å². The number of allylic oxidation sites excluding steroid dienone is 6. The first kappa shape index (κ1) is 11.9. The number of fused-ring (bicyclic) bond motifs is 3. The summed E-state index contributed by atoms with van der Waals surface area (Å²) < 4.78 is 0. The van der Waals surface area contributed by atoms with Gasteiger partial charge in [-0.05, 0) is 56.1 Å². The Kier molecular flexibility index (Phi) is 2.78. The van der Waals surface area contributed by atoms with Gasteiger partial charge in [0.05, 0.1) is 5.41 Å². The minimum atomic E-state index is -0.801. The van der Waals surface area contributed by atoms with Gasteiger partial charge in [-0.1, -0.05) is 24.3 Å². The molecular formula is C16H20O2. The average molecular weight is 244 g/mol. The number of carbonyl (C=O) groups excluding carboxylic acids is 1. The van der Waals surface area contributed by atoms with Crippen LogP contribution >= 0.6 is 0 Å². The lowest BCUT2D eigenvalue weighted by Crippen LogP contribution is -2.44. The summed E-state index contributed by atoms with van der Waals surface area (Å²) >= 11 is 0. The van der Waals surface area contributed by atoms with E-state index < -0.39 is 11.5 Å². The van der Waals surface area contributed by atoms with Crippen molar-refractivity contribution in [3.05, 3.63) is 35.5 Å². The quantitative estimate of drug-likeness (QED) is 0.711. The number of rotatable bonds is 0. The smallest absolute Gasteiger partial charge is 0.171 e. The molecule has 3 rings (SSSR count). The first-order valence-corrected chi connectivity index (χ1v) is 6.91. The van der Waals surface area contributed by atoms with Gasteiger partial charge in [0, 0.05) is 0 Å². The van der Waals surface area contributed by atoms with Gasteiger partial charge in [0.25, 0.3) is 0 Å². The molecule has 0 amide bonds. The molecule has 0 aromatic rings. The Morgan fingerprint density at radius 3 is 3.11 bits per heavy atom. The molecular weight excluding hydrogens is 224 g/mol. The van der Waals surface area contributed by atoms with Crippen LogP contribution in [0.3, 0.4) is 0 Å². The van der Waals surface area contributed by atoms with Crippen LogP contribution in [0.15, 0.2) is 35.5 Å². The monoisotopic (exact) mass is 244 g/mol. The molecule has 3 aliphatic rings. The minimum absolute atomic E-state index is 0.0315. The normalized spacial score (nSPS) is 42.2. The largest absolute Gasteiger partial charge is 0.385 e. The second-order valence-electron chi connectivity index (χ2n) is 6.01. The van der Waals surface area contributed by atoms with Crippen LogP contribution in [0.1, 0.15) is 39.0 Å². The highest BCUT2D eigenvalue weighted by Crippen LogP contribution is 2.44. The topological polar surface area (TPSA) is 37.3 Å². The van der Waals surface area contributed by atoms with E-state index in [1.54, 1.807) is 0 Å². The Morgan fingerprint density at radius 2 is 2.28 bits per heavy atom. The number of ketones is 1. The molecule has 0 fully saturated rings. The summed E-state index contributed by atoms with van der Waals surface area (Å²) in [5.41, 5.74) is 1.92. The van der Waals surface area contributed by atoms with Gasteiger partial charge in [-0.2, -0.15) is 0 Å². The first-order chi connectivity index (χ1) is 8.61. The van der Waals surface area contributed by atoms with Gasteiger partial charge in [0.1, 0.15) is 6.10 Å². The Labute approximate surface area is 108 Å². The third-order valence-electron chi connectivity index (χ3n) is 4.75. The predicted molar refractivity (Wildman–Crippen MR) is 71.0 cm³/mol. The fourth-order valence-corrected chi connectivity index (χ4v) is 3.50. The second-order valence-corrected chi connectivity index (χ2v) is 6.01. The van der Waals surface area contributed by atoms with Crippen molar-refractivity contribution in [2.45, 2.75) is 45.1 Å². The van der Waals surface area contributed by atoms with E-state index in [2.05, 4.69) is 24.3 Å². The molecule has 2 bridgehead atoms. The Balaban J connectivity index is 2.13. The number of hydrogen-bond acceptors (Lipinski definition) is 2. The predicted octanol–water partition coefficient (Wildman–Crippen LogP) is 2.94. The molecule has 0 radical (unpaired) electrons. The van der Waals surface area contributed by atoms with Crippen LogP contribution in [0.5, 0.6) is 0 Å². The molecule has 96 valence electrons. The molecule has 2 unspecified atom stereocenters. The van der Waals surface area contributed by atoms with Crippen LogP contribution in [0, 0.1) is 11.3 Å². The summed E-state index contributed by atoms with van der Waals surface area (Å²) in [4.78, 5) is 12.6. The lowest BCUT2D eigenvalue weighted by Gasteiger charge is -2.39. The zero-order valence-electron chi connectivity index (χ0n) is 10.9. The molecule has 0 aromatic carbocycles. The maximum atomic E-state index is 12.6. The van der Waals surface area contributed by atoms with Crippen molar-refractivity contribution in [2.24, 2.45) is 11.3 Å². The van der Waals surface area contributed by atoms with Crippen molar-refractivity contribution in [3.63, 3.8) is 0 Å². The van der Waals surface area contributed by atoms with Gasteiger partial charge >= 0.3 is 0 Å². The van der Waals surface area contributed by atoms with Crippen molar-refractivity contribution in [1.29, 1.82) is 0 Å². The average Bonchev–Trinajstić information content (AvgIpc) is 2.39. The summed E-state index contributed by atoms with van der Waals surface area (Å²) in [5.74, 6) is 0.109. The number of hydrogen-bond donors (Lipinski definition) is 1. The molecule has 0 aromatic heterocycles. The van der Waals surface area contributed by atoms with Crippen LogP contribution in [-0.4, -0.2) is 17.0 Å². The second kappa shape index (κ2) is 4.20. The van der Waals surface area contributed by atoms with Crippen molar-refractivity contribution in [1.82, 2.24) is 0 Å². The SMILES string of the molecule is CC12CCCC=C1/C=C1/C=CC[C@@H](C1)C(O)C2=O. The Morgan fingerprint density at radius 1 is 1.44 bits per heavy atom. The van der Waals surface area contributed by atoms with E-state index in [0.29, 0.717) is 0 Å². The van der Waals surface area contributed by atoms with Crippen LogP contribution in [0.25, 0.3) is 0 Å². The van der Waals surface area contributed by atoms with Crippen LogP contribution < -0.4 is 0 Å². The van der Waals surface area contributed by atoms with Gasteiger partial charge in [-0.3, -0.25) is 4.79 Å². The third kappa shape index (κ3) is 1.71. The molecule has 2 nitrogen and oxygen atoms in total. The zero-order valence-corrected chi connectivity index (χ0v) is 10.9. The molecule has 0 aliphatic heterocycles. The highest BCUT2D eigenvalue weighted by molar-refractivity contribution is 5.92. The van der Waals surface area contributed by atoms with Crippen molar-refractivity contribution in [2.75, 3.05) is 0 Å². The van der Waals surface area contributed by atoms with Gasteiger partial charge in [0.15, 0.2) is 5.78 Å². The van der Waals surface area contributed by atoms with E-state index in [0.717, 1.165) is 37.7 Å². The van der Waals surface area contributed by atoms with Gasteiger partial charge < -0.3 is 5.11 Å². The van der Waals surface area contributed by atoms with Crippen LogP contribution in [-0.2, 0) is 4.79 Å². The van der Waals surface area contributed by atoms with Crippen LogP contribution in [0.2, 0.25) is 0 Å². The standard InChI is InChI=1S/C16H20O2/c1-16-8-3-2-7-13(16)10-11-5-4-6-12(9-11)14(17)15(16)18/h4-5,7,10,12,14,17H,2-3,6,8-9H2,1H3/b11-10-/t12-,14?,16?/m0/s1. The van der Waals surface area contributed by atoms with Crippen molar-refractivity contribution >= 4 is 5.78 Å². The molecule has 0 spiro atoms. The maximum absolute atomic E-state index is 12.6. The summed E-state index contributed by atoms with van der Waals surface area (Å²) in [6.07, 6.45) is 12.4. The van der Waals surface area contributed by atoms with Crippen LogP contribution in [0.4, 0.5) is 0 Å². The number of aliphatic hydroxyl groups is 1. The summed E-state index contributed by atoms with van der Waals surface area (Å²) in [6.45, 7) is 2.01. The highest BCUT2D eigenvalue weighted by Gasteiger charge is 2.44. The van der Waals surface area contributed by atoms with E-state index in [-0.39, 0.29) is 11.7 Å². The lowest BCUT2D eigenvalue weighted by molar-refractivity contribution is -0.138. The zero-order chi connectivity index (χ0) is 12.8. The fourth-order valence-electron chi connectivity index (χ4n) is 3.50. The van der Waals surface area contributed by atoms with E-state index in [4.69, 9.17) is 0 Å². The van der Waals surface area contributed by atoms with E-state index >= 15 is 0 Å². The molecule has 0 saturated carbocycles. The summed E-state index contributed by atoms with van der Waals surface area (Å²) in [5, 5.41) is 10.4. The Bertz CT molecular complexity index is 469. The number of aliphatic hydroxyl groups excluding tert-OH is 1. The first-order valence-electron chi connectivity index (χ1n) is 6.91. The van der Waals surface area contributed by atoms with Crippen molar-refractivity contribution < 1.29 is 9.90 Å². The molecule has 0 saturated heterocycles. The Hall–Kier alpha value is -1.15. The van der Waals surface area contributed by atoms with Gasteiger partial charge in [-0.15, -0.1) is 0 Å². The fraction of sp³-hybridized carbons (Fsp3) is 0.562. The van der Waals surface area contributed by atoms with E-state index in [9.17, 15) is 9.90 Å². The molecule has 2 heteroatoms. The lowest BCUT2D eigenvalue weighted by atomic mass is 9.65. The number of Topliss-reactive ketones (excluding diaryl/α,β-unsaturated/α-hetero) is 1. The third-order valence-corrected chi connectivity index (χ3v) is 4.75. The summed E-state index contributed by atoms with van der Waals surface area (Å²) in [6, 6.07) is 0.